The minimum atomic E-state index is -0.282. The second-order valence-corrected chi connectivity index (χ2v) is 5.31. The van der Waals surface area contributed by atoms with E-state index in [9.17, 15) is 4.79 Å². The van der Waals surface area contributed by atoms with Gasteiger partial charge in [0, 0.05) is 37.4 Å². The van der Waals surface area contributed by atoms with Crippen LogP contribution in [0.25, 0.3) is 0 Å². The van der Waals surface area contributed by atoms with Gasteiger partial charge in [0.2, 0.25) is 5.91 Å². The molecule has 2 heterocycles. The molecule has 1 aliphatic heterocycles. The highest BCUT2D eigenvalue weighted by Gasteiger charge is 2.30. The molecule has 0 aliphatic carbocycles. The fraction of sp³-hybridized carbons (Fsp3) is 0.455. The van der Waals surface area contributed by atoms with Crippen molar-refractivity contribution in [3.8, 4) is 0 Å². The van der Waals surface area contributed by atoms with Crippen molar-refractivity contribution in [3.05, 3.63) is 21.8 Å². The second kappa shape index (κ2) is 5.86. The minimum absolute atomic E-state index is 0.0389. The van der Waals surface area contributed by atoms with Crippen LogP contribution in [0.1, 0.15) is 0 Å². The molecule has 5 nitrogen and oxygen atoms in total. The molecule has 0 spiro atoms. The first-order valence-corrected chi connectivity index (χ1v) is 6.80. The Bertz CT molecular complexity index is 457. The fourth-order valence-electron chi connectivity index (χ4n) is 1.98. The van der Waals surface area contributed by atoms with Crippen LogP contribution in [0.2, 0.25) is 5.02 Å². The molecule has 0 saturated carbocycles. The molecule has 1 amide bonds. The van der Waals surface area contributed by atoms with Gasteiger partial charge in [0.15, 0.2) is 0 Å². The van der Waals surface area contributed by atoms with Crippen molar-refractivity contribution in [2.45, 2.75) is 6.04 Å². The number of amides is 1. The lowest BCUT2D eigenvalue weighted by molar-refractivity contribution is -0.122. The zero-order chi connectivity index (χ0) is 13.1. The topological polar surface area (TPSA) is 57.3 Å². The van der Waals surface area contributed by atoms with Gasteiger partial charge in [-0.2, -0.15) is 0 Å². The average Bonchev–Trinajstić information content (AvgIpc) is 2.38. The van der Waals surface area contributed by atoms with Crippen LogP contribution in [-0.2, 0) is 4.79 Å². The van der Waals surface area contributed by atoms with Gasteiger partial charge in [0.1, 0.15) is 11.9 Å². The molecule has 0 radical (unpaired) electrons. The number of nitrogens with zero attached hydrogens (tertiary/aromatic N) is 2. The summed E-state index contributed by atoms with van der Waals surface area (Å²) in [6.07, 6.45) is 1.68. The molecule has 98 valence electrons. The Morgan fingerprint density at radius 2 is 2.50 bits per heavy atom. The van der Waals surface area contributed by atoms with Crippen molar-refractivity contribution in [3.63, 3.8) is 0 Å². The molecule has 0 bridgehead atoms. The third kappa shape index (κ3) is 2.76. The summed E-state index contributed by atoms with van der Waals surface area (Å²) >= 11 is 9.51. The first-order valence-electron chi connectivity index (χ1n) is 5.63. The summed E-state index contributed by atoms with van der Waals surface area (Å²) in [5.74, 6) is 0.609. The minimum Gasteiger partial charge on any atom is -0.357 e. The molecule has 1 saturated heterocycles. The van der Waals surface area contributed by atoms with Crippen molar-refractivity contribution in [1.29, 1.82) is 0 Å². The lowest BCUT2D eigenvalue weighted by Gasteiger charge is -2.36. The lowest BCUT2D eigenvalue weighted by Crippen LogP contribution is -2.58. The van der Waals surface area contributed by atoms with E-state index in [1.165, 1.54) is 0 Å². The maximum absolute atomic E-state index is 11.9. The average molecular weight is 334 g/mol. The molecule has 1 aromatic heterocycles. The number of hydrogen-bond acceptors (Lipinski definition) is 4. The number of likely N-dealkylation sites (N-methyl/N-ethyl adjacent to an activating group) is 1. The molecule has 2 rings (SSSR count). The van der Waals surface area contributed by atoms with E-state index in [1.54, 1.807) is 19.3 Å². The zero-order valence-corrected chi connectivity index (χ0v) is 12.3. The van der Waals surface area contributed by atoms with Crippen molar-refractivity contribution in [2.24, 2.45) is 0 Å². The van der Waals surface area contributed by atoms with Crippen molar-refractivity contribution < 1.29 is 4.79 Å². The van der Waals surface area contributed by atoms with Crippen LogP contribution < -0.4 is 15.5 Å². The van der Waals surface area contributed by atoms with E-state index >= 15 is 0 Å². The van der Waals surface area contributed by atoms with Crippen molar-refractivity contribution in [2.75, 3.05) is 31.6 Å². The molecule has 1 unspecified atom stereocenters. The van der Waals surface area contributed by atoms with Gasteiger partial charge in [-0.05, 0) is 22.0 Å². The number of rotatable bonds is 2. The number of carbonyl (C=O) groups excluding carboxylic acids is 1. The molecule has 1 atom stereocenters. The highest BCUT2D eigenvalue weighted by molar-refractivity contribution is 9.10. The summed E-state index contributed by atoms with van der Waals surface area (Å²) in [6, 6.07) is 1.50. The molecular weight excluding hydrogens is 320 g/mol. The predicted molar refractivity (Wildman–Crippen MR) is 75.0 cm³/mol. The number of pyridine rings is 1. The van der Waals surface area contributed by atoms with Gasteiger partial charge in [-0.15, -0.1) is 0 Å². The summed E-state index contributed by atoms with van der Waals surface area (Å²) in [5.41, 5.74) is 0. The van der Waals surface area contributed by atoms with Gasteiger partial charge in [-0.3, -0.25) is 4.79 Å². The van der Waals surface area contributed by atoms with Crippen LogP contribution in [0.5, 0.6) is 0 Å². The van der Waals surface area contributed by atoms with E-state index < -0.39 is 0 Å². The van der Waals surface area contributed by atoms with E-state index in [2.05, 4.69) is 31.5 Å². The highest BCUT2D eigenvalue weighted by atomic mass is 79.9. The lowest BCUT2D eigenvalue weighted by atomic mass is 10.1. The maximum atomic E-state index is 11.9. The molecule has 2 N–H and O–H groups in total. The van der Waals surface area contributed by atoms with E-state index in [4.69, 9.17) is 11.6 Å². The Hall–Kier alpha value is -0.850. The second-order valence-electron chi connectivity index (χ2n) is 3.99. The summed E-state index contributed by atoms with van der Waals surface area (Å²) in [7, 11) is 1.63. The van der Waals surface area contributed by atoms with Gasteiger partial charge in [-0.1, -0.05) is 11.6 Å². The van der Waals surface area contributed by atoms with Gasteiger partial charge < -0.3 is 15.5 Å². The first kappa shape index (κ1) is 13.6. The monoisotopic (exact) mass is 332 g/mol. The maximum Gasteiger partial charge on any atom is 0.243 e. The number of piperazine rings is 1. The summed E-state index contributed by atoms with van der Waals surface area (Å²) in [4.78, 5) is 18.1. The number of nitrogens with one attached hydrogen (secondary N) is 2. The zero-order valence-electron chi connectivity index (χ0n) is 9.91. The number of anilines is 1. The number of halogens is 2. The molecule has 7 heteroatoms. The Morgan fingerprint density at radius 1 is 1.72 bits per heavy atom. The van der Waals surface area contributed by atoms with E-state index in [0.717, 1.165) is 11.0 Å². The van der Waals surface area contributed by atoms with Crippen molar-refractivity contribution in [1.82, 2.24) is 15.6 Å². The summed E-state index contributed by atoms with van der Waals surface area (Å²) < 4.78 is 0.822. The normalized spacial score (nSPS) is 19.7. The number of hydrogen-bond donors (Lipinski definition) is 2. The summed E-state index contributed by atoms with van der Waals surface area (Å²) in [6.45, 7) is 2.10. The number of carbonyl (C=O) groups is 1. The SMILES string of the molecule is CNC(=O)C1CNCCN1c1ncc(Br)cc1Cl. The number of aromatic nitrogens is 1. The van der Waals surface area contributed by atoms with Gasteiger partial charge in [-0.25, -0.2) is 4.98 Å². The van der Waals surface area contributed by atoms with Gasteiger partial charge in [0.25, 0.3) is 0 Å². The molecule has 1 fully saturated rings. The Morgan fingerprint density at radius 3 is 3.17 bits per heavy atom. The van der Waals surface area contributed by atoms with Crippen LogP contribution in [0.4, 0.5) is 5.82 Å². The largest absolute Gasteiger partial charge is 0.357 e. The van der Waals surface area contributed by atoms with Gasteiger partial charge >= 0.3 is 0 Å². The molecular formula is C11H14BrClN4O. The van der Waals surface area contributed by atoms with E-state index in [-0.39, 0.29) is 11.9 Å². The third-order valence-corrected chi connectivity index (χ3v) is 3.56. The summed E-state index contributed by atoms with van der Waals surface area (Å²) in [5, 5.41) is 6.40. The molecule has 0 aromatic carbocycles. The van der Waals surface area contributed by atoms with Crippen molar-refractivity contribution >= 4 is 39.3 Å². The molecule has 1 aromatic rings. The fourth-order valence-corrected chi connectivity index (χ4v) is 2.72. The van der Waals surface area contributed by atoms with Crippen LogP contribution in [0, 0.1) is 0 Å². The van der Waals surface area contributed by atoms with Crippen LogP contribution in [-0.4, -0.2) is 43.6 Å². The Balaban J connectivity index is 2.30. The first-order chi connectivity index (χ1) is 8.63. The van der Waals surface area contributed by atoms with E-state index in [0.29, 0.717) is 23.9 Å². The smallest absolute Gasteiger partial charge is 0.243 e. The molecule has 1 aliphatic rings. The third-order valence-electron chi connectivity index (χ3n) is 2.85. The Labute approximate surface area is 119 Å². The highest BCUT2D eigenvalue weighted by Crippen LogP contribution is 2.28. The quantitative estimate of drug-likeness (QED) is 0.848. The van der Waals surface area contributed by atoms with Crippen LogP contribution >= 0.6 is 27.5 Å². The molecule has 18 heavy (non-hydrogen) atoms. The predicted octanol–water partition coefficient (Wildman–Crippen LogP) is 1.02. The van der Waals surface area contributed by atoms with Crippen LogP contribution in [0.15, 0.2) is 16.7 Å². The van der Waals surface area contributed by atoms with Gasteiger partial charge in [0.05, 0.1) is 5.02 Å². The van der Waals surface area contributed by atoms with E-state index in [1.807, 2.05) is 4.90 Å². The Kier molecular flexibility index (Phi) is 4.42. The standard InChI is InChI=1S/C11H14BrClN4O/c1-14-11(18)9-6-15-2-3-17(9)10-8(13)4-7(12)5-16-10/h4-5,9,15H,2-3,6H2,1H3,(H,14,18). The van der Waals surface area contributed by atoms with Crippen LogP contribution in [0.3, 0.4) is 0 Å².